The third-order valence-electron chi connectivity index (χ3n) is 3.50. The fourth-order valence-electron chi connectivity index (χ4n) is 2.46. The predicted octanol–water partition coefficient (Wildman–Crippen LogP) is 1.74. The summed E-state index contributed by atoms with van der Waals surface area (Å²) in [4.78, 5) is 24.2. The van der Waals surface area contributed by atoms with E-state index in [0.29, 0.717) is 11.6 Å². The molecule has 0 aromatic carbocycles. The average molecular weight is 286 g/mol. The molecule has 1 aliphatic rings. The van der Waals surface area contributed by atoms with Crippen LogP contribution < -0.4 is 14.6 Å². The largest absolute Gasteiger partial charge is 0.473 e. The van der Waals surface area contributed by atoms with Gasteiger partial charge in [-0.25, -0.2) is 9.97 Å². The number of ether oxygens (including phenoxy) is 1. The van der Waals surface area contributed by atoms with Gasteiger partial charge in [0.25, 0.3) is 0 Å². The van der Waals surface area contributed by atoms with Gasteiger partial charge in [0.05, 0.1) is 25.5 Å². The number of hydrogen-bond donors (Lipinski definition) is 0. The van der Waals surface area contributed by atoms with Gasteiger partial charge in [-0.1, -0.05) is 0 Å². The first kappa shape index (κ1) is 13.4. The van der Waals surface area contributed by atoms with E-state index < -0.39 is 0 Å². The summed E-state index contributed by atoms with van der Waals surface area (Å²) in [6, 6.07) is 3.48. The highest BCUT2D eigenvalue weighted by atomic mass is 16.5. The lowest BCUT2D eigenvalue weighted by molar-refractivity contribution is -0.363. The number of nitrogens with zero attached hydrogens (tertiary/aromatic N) is 4. The molecule has 0 bridgehead atoms. The zero-order valence-electron chi connectivity index (χ0n) is 11.5. The Balaban J connectivity index is 1.61. The van der Waals surface area contributed by atoms with Crippen LogP contribution >= 0.6 is 0 Å². The Morgan fingerprint density at radius 3 is 2.90 bits per heavy atom. The molecule has 1 saturated heterocycles. The van der Waals surface area contributed by atoms with Gasteiger partial charge in [0.15, 0.2) is 5.69 Å². The molecule has 0 unspecified atom stereocenters. The lowest BCUT2D eigenvalue weighted by atomic mass is 10.1. The standard InChI is InChI=1S/C14H15N5O2/c20-18-12-2-1-5-17-14(12)19-8-3-11(4-9-19)21-13-10-15-6-7-16-13/h1-2,5-7,10-11H,3-4,8-9H2/p+1. The molecule has 1 aliphatic heterocycles. The predicted molar refractivity (Wildman–Crippen MR) is 76.3 cm³/mol. The molecule has 2 aromatic rings. The van der Waals surface area contributed by atoms with Crippen molar-refractivity contribution in [2.24, 2.45) is 5.18 Å². The van der Waals surface area contributed by atoms with E-state index in [4.69, 9.17) is 4.74 Å². The van der Waals surface area contributed by atoms with E-state index in [9.17, 15) is 4.91 Å². The molecule has 2 aromatic heterocycles. The minimum Gasteiger partial charge on any atom is -0.473 e. The molecule has 21 heavy (non-hydrogen) atoms. The van der Waals surface area contributed by atoms with Gasteiger partial charge in [0.2, 0.25) is 5.88 Å². The van der Waals surface area contributed by atoms with E-state index in [-0.39, 0.29) is 6.10 Å². The van der Waals surface area contributed by atoms with Crippen molar-refractivity contribution in [1.82, 2.24) is 9.97 Å². The van der Waals surface area contributed by atoms with Gasteiger partial charge in [0, 0.05) is 25.2 Å². The summed E-state index contributed by atoms with van der Waals surface area (Å²) in [7, 11) is 0. The lowest BCUT2D eigenvalue weighted by Gasteiger charge is -2.27. The third kappa shape index (κ3) is 3.13. The molecule has 0 atom stereocenters. The van der Waals surface area contributed by atoms with E-state index in [1.807, 2.05) is 0 Å². The first-order valence-electron chi connectivity index (χ1n) is 6.88. The van der Waals surface area contributed by atoms with Crippen LogP contribution in [0, 0.1) is 4.91 Å². The normalized spacial score (nSPS) is 15.7. The summed E-state index contributed by atoms with van der Waals surface area (Å²) in [5.74, 6) is 1.32. The topological polar surface area (TPSA) is 81.8 Å². The van der Waals surface area contributed by atoms with Crippen LogP contribution in [0.5, 0.6) is 5.88 Å². The molecule has 0 spiro atoms. The number of aromatic amines is 1. The zero-order valence-corrected chi connectivity index (χ0v) is 11.5. The number of nitroso groups, excluding NO2 is 1. The van der Waals surface area contributed by atoms with Crippen molar-refractivity contribution in [3.8, 4) is 5.88 Å². The number of rotatable bonds is 4. The Labute approximate surface area is 122 Å². The van der Waals surface area contributed by atoms with Crippen LogP contribution in [-0.2, 0) is 0 Å². The highest BCUT2D eigenvalue weighted by Gasteiger charge is 2.28. The maximum absolute atomic E-state index is 10.8. The Morgan fingerprint density at radius 2 is 2.19 bits per heavy atom. The second-order valence-electron chi connectivity index (χ2n) is 4.84. The van der Waals surface area contributed by atoms with Crippen molar-refractivity contribution in [3.05, 3.63) is 41.8 Å². The number of aromatic nitrogens is 3. The summed E-state index contributed by atoms with van der Waals surface area (Å²) < 4.78 is 5.80. The van der Waals surface area contributed by atoms with Gasteiger partial charge in [-0.2, -0.15) is 0 Å². The maximum atomic E-state index is 10.8. The molecule has 7 heteroatoms. The molecule has 0 saturated carbocycles. The van der Waals surface area contributed by atoms with Gasteiger partial charge < -0.3 is 4.74 Å². The molecule has 0 amide bonds. The molecule has 0 radical (unpaired) electrons. The van der Waals surface area contributed by atoms with Gasteiger partial charge in [0.1, 0.15) is 6.10 Å². The third-order valence-corrected chi connectivity index (χ3v) is 3.50. The number of nitrogens with one attached hydrogen (secondary N) is 1. The summed E-state index contributed by atoms with van der Waals surface area (Å²) in [6.07, 6.45) is 8.49. The molecule has 108 valence electrons. The number of H-pyrrole nitrogens is 1. The Morgan fingerprint density at radius 1 is 1.33 bits per heavy atom. The number of piperidine rings is 1. The summed E-state index contributed by atoms with van der Waals surface area (Å²) in [6.45, 7) is 1.60. The van der Waals surface area contributed by atoms with Crippen molar-refractivity contribution in [1.29, 1.82) is 0 Å². The highest BCUT2D eigenvalue weighted by Crippen LogP contribution is 2.26. The van der Waals surface area contributed by atoms with Crippen LogP contribution in [0.2, 0.25) is 0 Å². The van der Waals surface area contributed by atoms with E-state index >= 15 is 0 Å². The second-order valence-corrected chi connectivity index (χ2v) is 4.84. The minimum atomic E-state index is 0.120. The molecule has 1 fully saturated rings. The molecular weight excluding hydrogens is 270 g/mol. The average Bonchev–Trinajstić information content (AvgIpc) is 2.56. The van der Waals surface area contributed by atoms with Gasteiger partial charge >= 0.3 is 5.82 Å². The van der Waals surface area contributed by atoms with Crippen molar-refractivity contribution in [2.45, 2.75) is 18.9 Å². The lowest BCUT2D eigenvalue weighted by Crippen LogP contribution is -2.40. The van der Waals surface area contributed by atoms with Crippen molar-refractivity contribution in [3.63, 3.8) is 0 Å². The summed E-state index contributed by atoms with van der Waals surface area (Å²) in [5.41, 5.74) is 0.436. The van der Waals surface area contributed by atoms with Crippen LogP contribution in [0.25, 0.3) is 0 Å². The molecule has 7 nitrogen and oxygen atoms in total. The fourth-order valence-corrected chi connectivity index (χ4v) is 2.46. The SMILES string of the molecule is O=Nc1ccc[nH+]c1N1CCC(Oc2cnccn2)CC1. The van der Waals surface area contributed by atoms with Crippen LogP contribution in [0.1, 0.15) is 12.8 Å². The number of anilines is 1. The van der Waals surface area contributed by atoms with Crippen LogP contribution in [0.4, 0.5) is 11.5 Å². The molecule has 3 heterocycles. The van der Waals surface area contributed by atoms with Crippen molar-refractivity contribution >= 4 is 11.5 Å². The Bertz CT molecular complexity index is 599. The van der Waals surface area contributed by atoms with Crippen molar-refractivity contribution in [2.75, 3.05) is 18.0 Å². The van der Waals surface area contributed by atoms with Crippen molar-refractivity contribution < 1.29 is 9.72 Å². The van der Waals surface area contributed by atoms with E-state index in [2.05, 4.69) is 25.0 Å². The zero-order chi connectivity index (χ0) is 14.5. The second kappa shape index (κ2) is 6.25. The summed E-state index contributed by atoms with van der Waals surface area (Å²) >= 11 is 0. The van der Waals surface area contributed by atoms with Crippen LogP contribution in [0.3, 0.4) is 0 Å². The van der Waals surface area contributed by atoms with Crippen LogP contribution in [-0.4, -0.2) is 29.2 Å². The van der Waals surface area contributed by atoms with Gasteiger partial charge in [-0.3, -0.25) is 9.88 Å². The fraction of sp³-hybridized carbons (Fsp3) is 0.357. The van der Waals surface area contributed by atoms with Crippen LogP contribution in [0.15, 0.2) is 42.1 Å². The molecule has 1 N–H and O–H groups in total. The van der Waals surface area contributed by atoms with Gasteiger partial charge in [-0.15, -0.1) is 4.91 Å². The maximum Gasteiger partial charge on any atom is 0.304 e. The van der Waals surface area contributed by atoms with E-state index in [1.165, 1.54) is 0 Å². The Hall–Kier alpha value is -2.57. The first-order valence-corrected chi connectivity index (χ1v) is 6.88. The van der Waals surface area contributed by atoms with E-state index in [1.54, 1.807) is 36.9 Å². The monoisotopic (exact) mass is 286 g/mol. The Kier molecular flexibility index (Phi) is 3.99. The highest BCUT2D eigenvalue weighted by molar-refractivity contribution is 5.57. The summed E-state index contributed by atoms with van der Waals surface area (Å²) in [5, 5.41) is 3.06. The number of hydrogen-bond acceptors (Lipinski definition) is 6. The molecular formula is C14H16N5O2+. The number of pyridine rings is 1. The molecule has 3 rings (SSSR count). The smallest absolute Gasteiger partial charge is 0.304 e. The van der Waals surface area contributed by atoms with Gasteiger partial charge in [-0.05, 0) is 17.3 Å². The minimum absolute atomic E-state index is 0.120. The quantitative estimate of drug-likeness (QED) is 0.799. The van der Waals surface area contributed by atoms with E-state index in [0.717, 1.165) is 31.7 Å². The first-order chi connectivity index (χ1) is 10.4. The molecule has 0 aliphatic carbocycles.